The van der Waals surface area contributed by atoms with E-state index < -0.39 is 0 Å². The van der Waals surface area contributed by atoms with Gasteiger partial charge in [-0.1, -0.05) is 12.8 Å². The summed E-state index contributed by atoms with van der Waals surface area (Å²) in [5.74, 6) is 0. The smallest absolute Gasteiger partial charge is 0.168 e. The lowest BCUT2D eigenvalue weighted by Gasteiger charge is -2.23. The predicted molar refractivity (Wildman–Crippen MR) is 62.5 cm³/mol. The van der Waals surface area contributed by atoms with Gasteiger partial charge in [0.2, 0.25) is 0 Å². The van der Waals surface area contributed by atoms with E-state index in [-0.39, 0.29) is 0 Å². The highest BCUT2D eigenvalue weighted by Gasteiger charge is 2.16. The molecule has 0 saturated heterocycles. The van der Waals surface area contributed by atoms with Crippen LogP contribution in [0.5, 0.6) is 0 Å². The average Bonchev–Trinajstić information content (AvgIpc) is 2.66. The van der Waals surface area contributed by atoms with Crippen LogP contribution in [-0.4, -0.2) is 43.4 Å². The highest BCUT2D eigenvalue weighted by atomic mass is 32.1. The van der Waals surface area contributed by atoms with Crippen LogP contribution in [0.25, 0.3) is 0 Å². The third kappa shape index (κ3) is 3.80. The lowest BCUT2D eigenvalue weighted by atomic mass is 10.2. The van der Waals surface area contributed by atoms with Crippen molar-refractivity contribution in [2.24, 2.45) is 0 Å². The summed E-state index contributed by atoms with van der Waals surface area (Å²) in [5.41, 5.74) is 0. The van der Waals surface area contributed by atoms with Crippen molar-refractivity contribution < 1.29 is 4.74 Å². The Kier molecular flexibility index (Phi) is 5.19. The molecule has 0 heterocycles. The number of hydrogen-bond acceptors (Lipinski definition) is 2. The first-order valence-electron chi connectivity index (χ1n) is 5.24. The second-order valence-corrected chi connectivity index (χ2v) is 4.23. The quantitative estimate of drug-likeness (QED) is 0.718. The van der Waals surface area contributed by atoms with Gasteiger partial charge in [0.25, 0.3) is 0 Å². The summed E-state index contributed by atoms with van der Waals surface area (Å²) in [5, 5.41) is 4.24. The Morgan fingerprint density at radius 2 is 2.14 bits per heavy atom. The van der Waals surface area contributed by atoms with Gasteiger partial charge in [0.15, 0.2) is 5.11 Å². The number of methoxy groups -OCH3 is 1. The van der Waals surface area contributed by atoms with Crippen LogP contribution in [-0.2, 0) is 4.74 Å². The molecule has 0 aromatic rings. The van der Waals surface area contributed by atoms with Gasteiger partial charge in [-0.15, -0.1) is 0 Å². The molecule has 0 aromatic carbocycles. The first-order chi connectivity index (χ1) is 6.74. The molecule has 4 heteroatoms. The van der Waals surface area contributed by atoms with Crippen molar-refractivity contribution in [1.82, 2.24) is 10.2 Å². The summed E-state index contributed by atoms with van der Waals surface area (Å²) in [6.07, 6.45) is 5.20. The maximum absolute atomic E-state index is 5.29. The zero-order valence-electron chi connectivity index (χ0n) is 9.08. The van der Waals surface area contributed by atoms with E-state index in [1.165, 1.54) is 25.7 Å². The summed E-state index contributed by atoms with van der Waals surface area (Å²) in [6.45, 7) is 1.58. The van der Waals surface area contributed by atoms with E-state index >= 15 is 0 Å². The first-order valence-corrected chi connectivity index (χ1v) is 5.65. The van der Waals surface area contributed by atoms with E-state index in [4.69, 9.17) is 17.0 Å². The van der Waals surface area contributed by atoms with Crippen LogP contribution in [0.2, 0.25) is 0 Å². The van der Waals surface area contributed by atoms with Crippen LogP contribution < -0.4 is 5.32 Å². The first kappa shape index (κ1) is 11.7. The van der Waals surface area contributed by atoms with Gasteiger partial charge in [-0.25, -0.2) is 0 Å². The molecule has 1 N–H and O–H groups in total. The van der Waals surface area contributed by atoms with Gasteiger partial charge in [-0.05, 0) is 25.1 Å². The number of ether oxygens (including phenoxy) is 1. The molecule has 1 saturated carbocycles. The molecule has 0 aromatic heterocycles. The molecule has 0 bridgehead atoms. The summed E-state index contributed by atoms with van der Waals surface area (Å²) in [6, 6.07) is 0.604. The normalized spacial score (nSPS) is 17.0. The molecule has 3 nitrogen and oxygen atoms in total. The minimum absolute atomic E-state index is 0.604. The topological polar surface area (TPSA) is 24.5 Å². The highest BCUT2D eigenvalue weighted by Crippen LogP contribution is 2.17. The number of nitrogens with one attached hydrogen (secondary N) is 1. The maximum Gasteiger partial charge on any atom is 0.168 e. The SMILES string of the molecule is COCCN(C)C(=S)NC1CCCC1. The molecule has 0 radical (unpaired) electrons. The molecule has 1 aliphatic carbocycles. The van der Waals surface area contributed by atoms with Crippen LogP contribution in [0.15, 0.2) is 0 Å². The monoisotopic (exact) mass is 216 g/mol. The van der Waals surface area contributed by atoms with Gasteiger partial charge < -0.3 is 15.0 Å². The molecule has 0 amide bonds. The lowest BCUT2D eigenvalue weighted by Crippen LogP contribution is -2.42. The zero-order valence-corrected chi connectivity index (χ0v) is 9.90. The number of rotatable bonds is 4. The Balaban J connectivity index is 2.18. The molecule has 0 unspecified atom stereocenters. The zero-order chi connectivity index (χ0) is 10.4. The number of likely N-dealkylation sites (N-methyl/N-ethyl adjacent to an activating group) is 1. The Bertz CT molecular complexity index is 181. The Hall–Kier alpha value is -0.350. The molecule has 1 rings (SSSR count). The molecule has 0 aliphatic heterocycles. The van der Waals surface area contributed by atoms with Gasteiger partial charge >= 0.3 is 0 Å². The van der Waals surface area contributed by atoms with E-state index in [0.717, 1.165) is 18.3 Å². The van der Waals surface area contributed by atoms with Crippen LogP contribution in [0.1, 0.15) is 25.7 Å². The van der Waals surface area contributed by atoms with Gasteiger partial charge in [0.05, 0.1) is 6.61 Å². The molecular formula is C10H20N2OS. The predicted octanol–water partition coefficient (Wildman–Crippen LogP) is 1.38. The minimum Gasteiger partial charge on any atom is -0.383 e. The molecule has 14 heavy (non-hydrogen) atoms. The second kappa shape index (κ2) is 6.19. The maximum atomic E-state index is 5.29. The minimum atomic E-state index is 0.604. The molecule has 1 aliphatic rings. The number of thiocarbonyl (C=S) groups is 1. The summed E-state index contributed by atoms with van der Waals surface area (Å²) in [7, 11) is 3.71. The average molecular weight is 216 g/mol. The van der Waals surface area contributed by atoms with E-state index in [0.29, 0.717) is 6.04 Å². The summed E-state index contributed by atoms with van der Waals surface area (Å²) in [4.78, 5) is 2.04. The summed E-state index contributed by atoms with van der Waals surface area (Å²) >= 11 is 5.29. The fraction of sp³-hybridized carbons (Fsp3) is 0.900. The van der Waals surface area contributed by atoms with Gasteiger partial charge in [0, 0.05) is 26.7 Å². The van der Waals surface area contributed by atoms with Gasteiger partial charge in [-0.3, -0.25) is 0 Å². The van der Waals surface area contributed by atoms with E-state index in [9.17, 15) is 0 Å². The van der Waals surface area contributed by atoms with Gasteiger partial charge in [-0.2, -0.15) is 0 Å². The van der Waals surface area contributed by atoms with Crippen molar-refractivity contribution >= 4 is 17.3 Å². The van der Waals surface area contributed by atoms with E-state index in [2.05, 4.69) is 5.32 Å². The third-order valence-electron chi connectivity index (χ3n) is 2.66. The highest BCUT2D eigenvalue weighted by molar-refractivity contribution is 7.80. The standard InChI is InChI=1S/C10H20N2OS/c1-12(7-8-13-2)10(14)11-9-5-3-4-6-9/h9H,3-8H2,1-2H3,(H,11,14). The molecule has 1 fully saturated rings. The second-order valence-electron chi connectivity index (χ2n) is 3.85. The van der Waals surface area contributed by atoms with Crippen molar-refractivity contribution in [3.05, 3.63) is 0 Å². The van der Waals surface area contributed by atoms with Crippen LogP contribution in [0.4, 0.5) is 0 Å². The summed E-state index contributed by atoms with van der Waals surface area (Å²) < 4.78 is 5.00. The van der Waals surface area contributed by atoms with Crippen molar-refractivity contribution in [2.45, 2.75) is 31.7 Å². The van der Waals surface area contributed by atoms with Crippen molar-refractivity contribution in [2.75, 3.05) is 27.3 Å². The van der Waals surface area contributed by atoms with Crippen LogP contribution in [0.3, 0.4) is 0 Å². The van der Waals surface area contributed by atoms with Crippen LogP contribution in [0, 0.1) is 0 Å². The van der Waals surface area contributed by atoms with Crippen molar-refractivity contribution in [3.8, 4) is 0 Å². The van der Waals surface area contributed by atoms with E-state index in [1.54, 1.807) is 7.11 Å². The van der Waals surface area contributed by atoms with Crippen molar-refractivity contribution in [3.63, 3.8) is 0 Å². The van der Waals surface area contributed by atoms with E-state index in [1.807, 2.05) is 11.9 Å². The molecule has 0 spiro atoms. The third-order valence-corrected chi connectivity index (χ3v) is 3.09. The largest absolute Gasteiger partial charge is 0.383 e. The Labute approximate surface area is 91.8 Å². The molecular weight excluding hydrogens is 196 g/mol. The lowest BCUT2D eigenvalue weighted by molar-refractivity contribution is 0.182. The Morgan fingerprint density at radius 3 is 2.71 bits per heavy atom. The van der Waals surface area contributed by atoms with Crippen LogP contribution >= 0.6 is 12.2 Å². The molecule has 82 valence electrons. The molecule has 0 atom stereocenters. The fourth-order valence-corrected chi connectivity index (χ4v) is 1.94. The van der Waals surface area contributed by atoms with Crippen molar-refractivity contribution in [1.29, 1.82) is 0 Å². The van der Waals surface area contributed by atoms with Gasteiger partial charge in [0.1, 0.15) is 0 Å². The number of nitrogens with zero attached hydrogens (tertiary/aromatic N) is 1. The fourth-order valence-electron chi connectivity index (χ4n) is 1.68. The Morgan fingerprint density at radius 1 is 1.50 bits per heavy atom. The number of hydrogen-bond donors (Lipinski definition) is 1.